The van der Waals surface area contributed by atoms with Crippen molar-refractivity contribution in [2.75, 3.05) is 6.54 Å². The lowest BCUT2D eigenvalue weighted by Crippen LogP contribution is -2.24. The minimum Gasteiger partial charge on any atom is -0.355 e. The van der Waals surface area contributed by atoms with Crippen LogP contribution in [0.4, 0.5) is 0 Å². The first-order valence-corrected chi connectivity index (χ1v) is 8.92. The summed E-state index contributed by atoms with van der Waals surface area (Å²) in [6.45, 7) is 2.69. The van der Waals surface area contributed by atoms with Crippen molar-refractivity contribution in [3.8, 4) is 22.8 Å². The van der Waals surface area contributed by atoms with Crippen LogP contribution in [0, 0.1) is 0 Å². The predicted octanol–water partition coefficient (Wildman–Crippen LogP) is 3.24. The van der Waals surface area contributed by atoms with E-state index < -0.39 is 0 Å². The minimum atomic E-state index is -0.0392. The molecule has 0 unspecified atom stereocenters. The van der Waals surface area contributed by atoms with Crippen molar-refractivity contribution in [1.29, 1.82) is 0 Å². The maximum absolute atomic E-state index is 11.2. The highest BCUT2D eigenvalue weighted by atomic mass is 16.1. The summed E-state index contributed by atoms with van der Waals surface area (Å²) in [6.07, 6.45) is 1.82. The van der Waals surface area contributed by atoms with Crippen molar-refractivity contribution in [3.63, 3.8) is 0 Å². The van der Waals surface area contributed by atoms with E-state index in [0.29, 0.717) is 13.1 Å². The standard InChI is InChI=1S/C21H21N5O/c1-15(27)22-12-13-26-14-23-19(16-8-4-3-5-9-16)20(26)21-24-17-10-6-7-11-18(17)25(21)2/h3-11,14H,12-13H2,1-2H3,(H,22,27). The Morgan fingerprint density at radius 2 is 1.81 bits per heavy atom. The van der Waals surface area contributed by atoms with Crippen LogP contribution < -0.4 is 5.32 Å². The highest BCUT2D eigenvalue weighted by molar-refractivity contribution is 5.84. The molecule has 0 atom stereocenters. The van der Waals surface area contributed by atoms with E-state index in [0.717, 1.165) is 33.8 Å². The molecule has 4 aromatic rings. The molecular formula is C21H21N5O. The first-order chi connectivity index (χ1) is 13.1. The summed E-state index contributed by atoms with van der Waals surface area (Å²) in [4.78, 5) is 20.8. The second-order valence-corrected chi connectivity index (χ2v) is 6.47. The molecule has 4 rings (SSSR count). The average Bonchev–Trinajstić information content (AvgIpc) is 3.23. The molecule has 0 aliphatic rings. The summed E-state index contributed by atoms with van der Waals surface area (Å²) in [5, 5.41) is 2.85. The fourth-order valence-electron chi connectivity index (χ4n) is 3.30. The zero-order valence-electron chi connectivity index (χ0n) is 15.4. The molecule has 0 bridgehead atoms. The quantitative estimate of drug-likeness (QED) is 0.595. The van der Waals surface area contributed by atoms with E-state index in [1.54, 1.807) is 0 Å². The third-order valence-electron chi connectivity index (χ3n) is 4.61. The summed E-state index contributed by atoms with van der Waals surface area (Å²) in [5.74, 6) is 0.818. The normalized spacial score (nSPS) is 11.0. The largest absolute Gasteiger partial charge is 0.355 e. The number of para-hydroxylation sites is 2. The Balaban J connectivity index is 1.86. The van der Waals surface area contributed by atoms with Crippen LogP contribution in [0.25, 0.3) is 33.8 Å². The number of amides is 1. The second-order valence-electron chi connectivity index (χ2n) is 6.47. The number of fused-ring (bicyclic) bond motifs is 1. The Morgan fingerprint density at radius 1 is 1.07 bits per heavy atom. The van der Waals surface area contributed by atoms with E-state index in [1.165, 1.54) is 6.92 Å². The summed E-state index contributed by atoms with van der Waals surface area (Å²) in [7, 11) is 2.02. The Morgan fingerprint density at radius 3 is 2.56 bits per heavy atom. The van der Waals surface area contributed by atoms with Gasteiger partial charge in [0.1, 0.15) is 5.69 Å². The van der Waals surface area contributed by atoms with Crippen LogP contribution >= 0.6 is 0 Å². The molecule has 0 fully saturated rings. The number of hydrogen-bond donors (Lipinski definition) is 1. The molecule has 27 heavy (non-hydrogen) atoms. The molecule has 0 aliphatic heterocycles. The smallest absolute Gasteiger partial charge is 0.216 e. The lowest BCUT2D eigenvalue weighted by molar-refractivity contribution is -0.118. The van der Waals surface area contributed by atoms with Crippen LogP contribution in [0.2, 0.25) is 0 Å². The molecule has 6 heteroatoms. The van der Waals surface area contributed by atoms with Gasteiger partial charge in [-0.25, -0.2) is 9.97 Å². The highest BCUT2D eigenvalue weighted by Crippen LogP contribution is 2.32. The number of imidazole rings is 2. The van der Waals surface area contributed by atoms with Crippen molar-refractivity contribution >= 4 is 16.9 Å². The number of carbonyl (C=O) groups is 1. The number of nitrogens with one attached hydrogen (secondary N) is 1. The number of hydrogen-bond acceptors (Lipinski definition) is 3. The fraction of sp³-hybridized carbons (Fsp3) is 0.190. The van der Waals surface area contributed by atoms with Crippen molar-refractivity contribution in [1.82, 2.24) is 24.4 Å². The summed E-state index contributed by atoms with van der Waals surface area (Å²) >= 11 is 0. The number of aryl methyl sites for hydroxylation is 1. The first kappa shape index (κ1) is 17.0. The summed E-state index contributed by atoms with van der Waals surface area (Å²) in [5.41, 5.74) is 4.89. The molecule has 1 N–H and O–H groups in total. The van der Waals surface area contributed by atoms with E-state index in [4.69, 9.17) is 4.98 Å². The van der Waals surface area contributed by atoms with E-state index in [2.05, 4.69) is 25.5 Å². The van der Waals surface area contributed by atoms with Crippen LogP contribution in [-0.2, 0) is 18.4 Å². The van der Waals surface area contributed by atoms with Gasteiger partial charge in [0.25, 0.3) is 0 Å². The average molecular weight is 359 g/mol. The molecule has 2 heterocycles. The van der Waals surface area contributed by atoms with Gasteiger partial charge in [-0.3, -0.25) is 4.79 Å². The highest BCUT2D eigenvalue weighted by Gasteiger charge is 2.20. The second kappa shape index (κ2) is 7.07. The van der Waals surface area contributed by atoms with Crippen LogP contribution in [-0.4, -0.2) is 31.6 Å². The van der Waals surface area contributed by atoms with Gasteiger partial charge >= 0.3 is 0 Å². The van der Waals surface area contributed by atoms with Gasteiger partial charge in [0, 0.05) is 32.6 Å². The van der Waals surface area contributed by atoms with Crippen LogP contribution in [0.5, 0.6) is 0 Å². The molecule has 0 saturated heterocycles. The SMILES string of the molecule is CC(=O)NCCn1cnc(-c2ccccc2)c1-c1nc2ccccc2n1C. The lowest BCUT2D eigenvalue weighted by Gasteiger charge is -2.11. The van der Waals surface area contributed by atoms with Crippen LogP contribution in [0.1, 0.15) is 6.92 Å². The number of aromatic nitrogens is 4. The van der Waals surface area contributed by atoms with E-state index in [-0.39, 0.29) is 5.91 Å². The van der Waals surface area contributed by atoms with Gasteiger partial charge < -0.3 is 14.5 Å². The molecule has 0 aliphatic carbocycles. The number of rotatable bonds is 5. The molecule has 0 radical (unpaired) electrons. The third-order valence-corrected chi connectivity index (χ3v) is 4.61. The molecule has 0 spiro atoms. The van der Waals surface area contributed by atoms with Gasteiger partial charge in [0.2, 0.25) is 5.91 Å². The maximum atomic E-state index is 11.2. The van der Waals surface area contributed by atoms with Gasteiger partial charge in [-0.15, -0.1) is 0 Å². The van der Waals surface area contributed by atoms with Gasteiger partial charge in [-0.2, -0.15) is 0 Å². The molecule has 6 nitrogen and oxygen atoms in total. The minimum absolute atomic E-state index is 0.0392. The monoisotopic (exact) mass is 359 g/mol. The van der Waals surface area contributed by atoms with Crippen LogP contribution in [0.15, 0.2) is 60.9 Å². The van der Waals surface area contributed by atoms with Gasteiger partial charge in [0.05, 0.1) is 23.1 Å². The van der Waals surface area contributed by atoms with Gasteiger partial charge in [-0.05, 0) is 12.1 Å². The summed E-state index contributed by atoms with van der Waals surface area (Å²) < 4.78 is 4.15. The van der Waals surface area contributed by atoms with Crippen molar-refractivity contribution in [2.45, 2.75) is 13.5 Å². The molecule has 2 aromatic heterocycles. The van der Waals surface area contributed by atoms with Crippen molar-refractivity contribution in [2.24, 2.45) is 7.05 Å². The molecule has 1 amide bonds. The lowest BCUT2D eigenvalue weighted by atomic mass is 10.1. The number of nitrogens with zero attached hydrogens (tertiary/aromatic N) is 4. The topological polar surface area (TPSA) is 64.7 Å². The van der Waals surface area contributed by atoms with Gasteiger partial charge in [-0.1, -0.05) is 42.5 Å². The molecule has 0 saturated carbocycles. The number of carbonyl (C=O) groups excluding carboxylic acids is 1. The van der Waals surface area contributed by atoms with Crippen molar-refractivity contribution in [3.05, 3.63) is 60.9 Å². The Hall–Kier alpha value is -3.41. The van der Waals surface area contributed by atoms with Crippen molar-refractivity contribution < 1.29 is 4.79 Å². The van der Waals surface area contributed by atoms with E-state index in [1.807, 2.05) is 61.9 Å². The zero-order valence-corrected chi connectivity index (χ0v) is 15.4. The Bertz CT molecular complexity index is 1090. The first-order valence-electron chi connectivity index (χ1n) is 8.92. The van der Waals surface area contributed by atoms with Gasteiger partial charge in [0.15, 0.2) is 5.82 Å². The van der Waals surface area contributed by atoms with E-state index >= 15 is 0 Å². The zero-order chi connectivity index (χ0) is 18.8. The number of benzene rings is 2. The molecule has 136 valence electrons. The maximum Gasteiger partial charge on any atom is 0.216 e. The fourth-order valence-corrected chi connectivity index (χ4v) is 3.30. The Labute approximate surface area is 157 Å². The van der Waals surface area contributed by atoms with Crippen LogP contribution in [0.3, 0.4) is 0 Å². The van der Waals surface area contributed by atoms with E-state index in [9.17, 15) is 4.79 Å². The molecular weight excluding hydrogens is 338 g/mol. The third kappa shape index (κ3) is 3.21. The molecule has 2 aromatic carbocycles. The summed E-state index contributed by atoms with van der Waals surface area (Å²) in [6, 6.07) is 18.2. The Kier molecular flexibility index (Phi) is 4.46. The predicted molar refractivity (Wildman–Crippen MR) is 106 cm³/mol.